The predicted molar refractivity (Wildman–Crippen MR) is 91.9 cm³/mol. The molecular weight excluding hydrogens is 290 g/mol. The smallest absolute Gasteiger partial charge is 0.310 e. The maximum absolute atomic E-state index is 11.7. The predicted octanol–water partition coefficient (Wildman–Crippen LogP) is 4.03. The fraction of sp³-hybridized carbons (Fsp3) is 0.368. The normalized spacial score (nSPS) is 13.4. The number of aromatic nitrogens is 1. The lowest BCUT2D eigenvalue weighted by Gasteiger charge is -2.18. The van der Waals surface area contributed by atoms with E-state index in [2.05, 4.69) is 4.98 Å². The van der Waals surface area contributed by atoms with Crippen molar-refractivity contribution in [1.29, 1.82) is 0 Å². The number of hydrogen-bond donors (Lipinski definition) is 1. The van der Waals surface area contributed by atoms with Gasteiger partial charge in [0.2, 0.25) is 0 Å². The summed E-state index contributed by atoms with van der Waals surface area (Å²) in [7, 11) is 0. The second-order valence-corrected chi connectivity index (χ2v) is 6.59. The zero-order valence-electron chi connectivity index (χ0n) is 14.0. The van der Waals surface area contributed by atoms with Crippen molar-refractivity contribution in [2.45, 2.75) is 45.8 Å². The third kappa shape index (κ3) is 5.18. The van der Waals surface area contributed by atoms with E-state index in [0.29, 0.717) is 0 Å². The van der Waals surface area contributed by atoms with E-state index in [0.717, 1.165) is 22.0 Å². The Kier molecular flexibility index (Phi) is 5.16. The summed E-state index contributed by atoms with van der Waals surface area (Å²) in [5, 5.41) is 10.6. The van der Waals surface area contributed by atoms with Crippen molar-refractivity contribution in [3.63, 3.8) is 0 Å². The number of carbonyl (C=O) groups is 1. The Balaban J connectivity index is 2.11. The fourth-order valence-corrected chi connectivity index (χ4v) is 2.19. The number of aliphatic hydroxyl groups excluding tert-OH is 1. The molecule has 0 aliphatic heterocycles. The van der Waals surface area contributed by atoms with Gasteiger partial charge in [0.1, 0.15) is 5.60 Å². The highest BCUT2D eigenvalue weighted by atomic mass is 16.6. The standard InChI is InChI=1S/C19H23NO3/c1-13(21)15-8-9-17-16(11-15)10-14(12-20-17)6-5-7-18(22)23-19(2,3)4/h5-6,8-13,21H,7H2,1-4H3. The maximum Gasteiger partial charge on any atom is 0.310 e. The van der Waals surface area contributed by atoms with Crippen molar-refractivity contribution in [3.8, 4) is 0 Å². The monoisotopic (exact) mass is 313 g/mol. The molecule has 23 heavy (non-hydrogen) atoms. The van der Waals surface area contributed by atoms with E-state index in [-0.39, 0.29) is 12.4 Å². The molecule has 4 nitrogen and oxygen atoms in total. The first-order valence-electron chi connectivity index (χ1n) is 7.71. The molecule has 0 fully saturated rings. The summed E-state index contributed by atoms with van der Waals surface area (Å²) in [5.74, 6) is -0.251. The van der Waals surface area contributed by atoms with Crippen LogP contribution in [0.3, 0.4) is 0 Å². The average Bonchev–Trinajstić information content (AvgIpc) is 2.44. The van der Waals surface area contributed by atoms with E-state index in [1.54, 1.807) is 19.2 Å². The van der Waals surface area contributed by atoms with Gasteiger partial charge in [-0.15, -0.1) is 0 Å². The largest absolute Gasteiger partial charge is 0.460 e. The average molecular weight is 313 g/mol. The second kappa shape index (κ2) is 6.92. The van der Waals surface area contributed by atoms with Gasteiger partial charge in [-0.2, -0.15) is 0 Å². The zero-order valence-corrected chi connectivity index (χ0v) is 14.0. The summed E-state index contributed by atoms with van der Waals surface area (Å²) in [5.41, 5.74) is 2.17. The number of fused-ring (bicyclic) bond motifs is 1. The van der Waals surface area contributed by atoms with Crippen LogP contribution in [-0.2, 0) is 9.53 Å². The highest BCUT2D eigenvalue weighted by Crippen LogP contribution is 2.20. The lowest BCUT2D eigenvalue weighted by atomic mass is 10.1. The fourth-order valence-electron chi connectivity index (χ4n) is 2.19. The Labute approximate surface area is 136 Å². The third-order valence-electron chi connectivity index (χ3n) is 3.22. The van der Waals surface area contributed by atoms with Crippen LogP contribution in [0.2, 0.25) is 0 Å². The number of carbonyl (C=O) groups excluding carboxylic acids is 1. The van der Waals surface area contributed by atoms with Gasteiger partial charge in [0.05, 0.1) is 18.0 Å². The van der Waals surface area contributed by atoms with E-state index in [9.17, 15) is 9.90 Å². The Morgan fingerprint density at radius 2 is 2.09 bits per heavy atom. The van der Waals surface area contributed by atoms with Crippen LogP contribution in [0.1, 0.15) is 51.3 Å². The van der Waals surface area contributed by atoms with Crippen LogP contribution < -0.4 is 0 Å². The number of hydrogen-bond acceptors (Lipinski definition) is 4. The molecule has 0 saturated heterocycles. The van der Waals surface area contributed by atoms with Gasteiger partial charge in [0, 0.05) is 11.6 Å². The molecule has 1 unspecified atom stereocenters. The Morgan fingerprint density at radius 1 is 1.35 bits per heavy atom. The number of aliphatic hydroxyl groups is 1. The van der Waals surface area contributed by atoms with Crippen LogP contribution in [0.5, 0.6) is 0 Å². The van der Waals surface area contributed by atoms with Crippen LogP contribution in [0.25, 0.3) is 17.0 Å². The van der Waals surface area contributed by atoms with Gasteiger partial charge in [-0.3, -0.25) is 9.78 Å². The molecule has 2 aromatic rings. The van der Waals surface area contributed by atoms with Crippen LogP contribution in [-0.4, -0.2) is 21.7 Å². The van der Waals surface area contributed by atoms with Gasteiger partial charge >= 0.3 is 5.97 Å². The van der Waals surface area contributed by atoms with Crippen molar-refractivity contribution >= 4 is 22.9 Å². The first kappa shape index (κ1) is 17.2. The number of rotatable bonds is 4. The number of esters is 1. The van der Waals surface area contributed by atoms with Crippen molar-refractivity contribution in [1.82, 2.24) is 4.98 Å². The van der Waals surface area contributed by atoms with Gasteiger partial charge < -0.3 is 9.84 Å². The third-order valence-corrected chi connectivity index (χ3v) is 3.22. The summed E-state index contributed by atoms with van der Waals surface area (Å²) >= 11 is 0. The molecule has 0 bridgehead atoms. The molecule has 0 aliphatic rings. The van der Waals surface area contributed by atoms with E-state index in [1.165, 1.54) is 0 Å². The number of nitrogens with zero attached hydrogens (tertiary/aromatic N) is 1. The highest BCUT2D eigenvalue weighted by molar-refractivity contribution is 5.81. The lowest BCUT2D eigenvalue weighted by Crippen LogP contribution is -2.23. The molecular formula is C19H23NO3. The lowest BCUT2D eigenvalue weighted by molar-refractivity contribution is -0.153. The maximum atomic E-state index is 11.7. The molecule has 0 aliphatic carbocycles. The number of pyridine rings is 1. The van der Waals surface area contributed by atoms with Gasteiger partial charge in [-0.05, 0) is 57.0 Å². The van der Waals surface area contributed by atoms with E-state index in [1.807, 2.05) is 51.1 Å². The van der Waals surface area contributed by atoms with Gasteiger partial charge in [0.25, 0.3) is 0 Å². The van der Waals surface area contributed by atoms with Crippen molar-refractivity contribution in [3.05, 3.63) is 47.7 Å². The minimum Gasteiger partial charge on any atom is -0.460 e. The first-order chi connectivity index (χ1) is 10.7. The summed E-state index contributed by atoms with van der Waals surface area (Å²) in [4.78, 5) is 16.1. The van der Waals surface area contributed by atoms with Crippen molar-refractivity contribution < 1.29 is 14.6 Å². The van der Waals surface area contributed by atoms with Gasteiger partial charge in [-0.1, -0.05) is 18.2 Å². The Bertz CT molecular complexity index is 727. The van der Waals surface area contributed by atoms with Crippen LogP contribution in [0, 0.1) is 0 Å². The number of benzene rings is 1. The van der Waals surface area contributed by atoms with Gasteiger partial charge in [-0.25, -0.2) is 0 Å². The summed E-state index contributed by atoms with van der Waals surface area (Å²) < 4.78 is 5.25. The molecule has 0 amide bonds. The molecule has 1 N–H and O–H groups in total. The number of ether oxygens (including phenoxy) is 1. The second-order valence-electron chi connectivity index (χ2n) is 6.59. The molecule has 2 rings (SSSR count). The molecule has 0 spiro atoms. The van der Waals surface area contributed by atoms with Crippen LogP contribution in [0.15, 0.2) is 36.5 Å². The Hall–Kier alpha value is -2.20. The molecule has 1 aromatic heterocycles. The topological polar surface area (TPSA) is 59.4 Å². The molecule has 4 heteroatoms. The summed E-state index contributed by atoms with van der Waals surface area (Å²) in [6, 6.07) is 7.68. The van der Waals surface area contributed by atoms with Crippen molar-refractivity contribution in [2.24, 2.45) is 0 Å². The van der Waals surface area contributed by atoms with Gasteiger partial charge in [0.15, 0.2) is 0 Å². The molecule has 1 aromatic carbocycles. The minimum atomic E-state index is -0.509. The molecule has 1 atom stereocenters. The molecule has 0 saturated carbocycles. The molecule has 0 radical (unpaired) electrons. The molecule has 122 valence electrons. The quantitative estimate of drug-likeness (QED) is 0.866. The summed E-state index contributed by atoms with van der Waals surface area (Å²) in [6.07, 6.45) is 5.10. The zero-order chi connectivity index (χ0) is 17.0. The minimum absolute atomic E-state index is 0.225. The van der Waals surface area contributed by atoms with E-state index in [4.69, 9.17) is 4.74 Å². The van der Waals surface area contributed by atoms with Crippen molar-refractivity contribution in [2.75, 3.05) is 0 Å². The van der Waals surface area contributed by atoms with Crippen LogP contribution >= 0.6 is 0 Å². The first-order valence-corrected chi connectivity index (χ1v) is 7.71. The highest BCUT2D eigenvalue weighted by Gasteiger charge is 2.14. The van der Waals surface area contributed by atoms with E-state index >= 15 is 0 Å². The van der Waals surface area contributed by atoms with E-state index < -0.39 is 11.7 Å². The molecule has 1 heterocycles. The summed E-state index contributed by atoms with van der Waals surface area (Å²) in [6.45, 7) is 7.28. The van der Waals surface area contributed by atoms with Crippen LogP contribution in [0.4, 0.5) is 0 Å². The Morgan fingerprint density at radius 3 is 2.74 bits per heavy atom. The SMILES string of the molecule is CC(O)c1ccc2ncc(C=CCC(=O)OC(C)(C)C)cc2c1.